The highest BCUT2D eigenvalue weighted by Gasteiger charge is 2.06. The Kier molecular flexibility index (Phi) is 4.05. The summed E-state index contributed by atoms with van der Waals surface area (Å²) in [6.45, 7) is 5.23. The van der Waals surface area contributed by atoms with Crippen molar-refractivity contribution in [3.05, 3.63) is 58.1 Å². The van der Waals surface area contributed by atoms with Crippen LogP contribution in [0.5, 0.6) is 0 Å². The molecule has 0 spiro atoms. The molecule has 94 valence electrons. The third kappa shape index (κ3) is 2.74. The Bertz CT molecular complexity index is 538. The molecule has 0 bridgehead atoms. The zero-order chi connectivity index (χ0) is 13.1. The summed E-state index contributed by atoms with van der Waals surface area (Å²) < 4.78 is 0. The number of benzene rings is 2. The molecule has 0 radical (unpaired) electrons. The molecule has 2 rings (SSSR count). The van der Waals surface area contributed by atoms with Crippen LogP contribution in [-0.2, 0) is 6.54 Å². The highest BCUT2D eigenvalue weighted by molar-refractivity contribution is 6.30. The van der Waals surface area contributed by atoms with Gasteiger partial charge in [-0.25, -0.2) is 0 Å². The minimum atomic E-state index is 0.780. The summed E-state index contributed by atoms with van der Waals surface area (Å²) in [6.07, 6.45) is 0. The van der Waals surface area contributed by atoms with Crippen LogP contribution in [0, 0.1) is 13.8 Å². The molecule has 18 heavy (non-hydrogen) atoms. The normalized spacial score (nSPS) is 10.7. The molecule has 0 aliphatic carbocycles. The van der Waals surface area contributed by atoms with Gasteiger partial charge in [0.15, 0.2) is 0 Å². The van der Waals surface area contributed by atoms with Gasteiger partial charge in [-0.1, -0.05) is 35.9 Å². The molecule has 1 nitrogen and oxygen atoms in total. The maximum absolute atomic E-state index is 6.05. The summed E-state index contributed by atoms with van der Waals surface area (Å²) in [5, 5.41) is 3.99. The van der Waals surface area contributed by atoms with Gasteiger partial charge in [0.05, 0.1) is 0 Å². The van der Waals surface area contributed by atoms with Crippen LogP contribution in [0.25, 0.3) is 11.1 Å². The quantitative estimate of drug-likeness (QED) is 0.865. The molecule has 1 N–H and O–H groups in total. The molecule has 0 saturated carbocycles. The lowest BCUT2D eigenvalue weighted by Crippen LogP contribution is -2.08. The van der Waals surface area contributed by atoms with Crippen LogP contribution < -0.4 is 5.32 Å². The second-order valence-corrected chi connectivity index (χ2v) is 5.07. The van der Waals surface area contributed by atoms with E-state index in [0.29, 0.717) is 0 Å². The Labute approximate surface area is 114 Å². The van der Waals surface area contributed by atoms with E-state index in [1.165, 1.54) is 27.8 Å². The Hall–Kier alpha value is -1.31. The summed E-state index contributed by atoms with van der Waals surface area (Å²) in [6, 6.07) is 12.5. The molecule has 2 heteroatoms. The molecule has 2 aromatic rings. The van der Waals surface area contributed by atoms with Gasteiger partial charge in [-0.2, -0.15) is 0 Å². The minimum Gasteiger partial charge on any atom is -0.316 e. The smallest absolute Gasteiger partial charge is 0.0412 e. The van der Waals surface area contributed by atoms with Crippen LogP contribution in [0.1, 0.15) is 16.7 Å². The van der Waals surface area contributed by atoms with Crippen molar-refractivity contribution in [3.8, 4) is 11.1 Å². The van der Waals surface area contributed by atoms with E-state index in [4.69, 9.17) is 11.6 Å². The van der Waals surface area contributed by atoms with Gasteiger partial charge in [0.25, 0.3) is 0 Å². The van der Waals surface area contributed by atoms with Gasteiger partial charge in [-0.05, 0) is 60.8 Å². The van der Waals surface area contributed by atoms with Crippen LogP contribution in [0.3, 0.4) is 0 Å². The van der Waals surface area contributed by atoms with E-state index in [0.717, 1.165) is 11.6 Å². The van der Waals surface area contributed by atoms with Crippen molar-refractivity contribution in [1.29, 1.82) is 0 Å². The maximum atomic E-state index is 6.05. The fourth-order valence-corrected chi connectivity index (χ4v) is 2.47. The van der Waals surface area contributed by atoms with E-state index in [-0.39, 0.29) is 0 Å². The number of hydrogen-bond donors (Lipinski definition) is 1. The first kappa shape index (κ1) is 13.1. The van der Waals surface area contributed by atoms with Gasteiger partial charge >= 0.3 is 0 Å². The average molecular weight is 260 g/mol. The molecule has 0 heterocycles. The molecule has 0 fully saturated rings. The Morgan fingerprint density at radius 1 is 1.00 bits per heavy atom. The molecule has 0 aliphatic rings. The summed E-state index contributed by atoms with van der Waals surface area (Å²) in [4.78, 5) is 0. The predicted molar refractivity (Wildman–Crippen MR) is 79.1 cm³/mol. The molecular formula is C16H18ClN. The lowest BCUT2D eigenvalue weighted by atomic mass is 9.95. The number of nitrogens with one attached hydrogen (secondary N) is 1. The Morgan fingerprint density at radius 2 is 1.67 bits per heavy atom. The molecule has 0 aliphatic heterocycles. The average Bonchev–Trinajstić information content (AvgIpc) is 2.33. The van der Waals surface area contributed by atoms with Crippen molar-refractivity contribution in [1.82, 2.24) is 5.32 Å². The van der Waals surface area contributed by atoms with Crippen molar-refractivity contribution in [2.24, 2.45) is 0 Å². The highest BCUT2D eigenvalue weighted by Crippen LogP contribution is 2.27. The first-order valence-corrected chi connectivity index (χ1v) is 6.50. The molecule has 0 atom stereocenters. The Balaban J connectivity index is 2.48. The lowest BCUT2D eigenvalue weighted by Gasteiger charge is -2.12. The molecule has 0 aromatic heterocycles. The fraction of sp³-hybridized carbons (Fsp3) is 0.250. The first-order valence-electron chi connectivity index (χ1n) is 6.12. The lowest BCUT2D eigenvalue weighted by molar-refractivity contribution is 0.806. The number of halogens is 1. The Morgan fingerprint density at radius 3 is 2.22 bits per heavy atom. The van der Waals surface area contributed by atoms with E-state index < -0.39 is 0 Å². The largest absolute Gasteiger partial charge is 0.316 e. The van der Waals surface area contributed by atoms with Crippen LogP contribution in [0.4, 0.5) is 0 Å². The van der Waals surface area contributed by atoms with Crippen LogP contribution >= 0.6 is 11.6 Å². The third-order valence-corrected chi connectivity index (χ3v) is 3.44. The van der Waals surface area contributed by atoms with Gasteiger partial charge in [0, 0.05) is 11.6 Å². The van der Waals surface area contributed by atoms with Crippen molar-refractivity contribution in [2.75, 3.05) is 7.05 Å². The van der Waals surface area contributed by atoms with Crippen LogP contribution in [-0.4, -0.2) is 7.05 Å². The number of aryl methyl sites for hydroxylation is 2. The monoisotopic (exact) mass is 259 g/mol. The van der Waals surface area contributed by atoms with E-state index in [1.54, 1.807) is 0 Å². The zero-order valence-electron chi connectivity index (χ0n) is 11.0. The van der Waals surface area contributed by atoms with Crippen molar-refractivity contribution >= 4 is 11.6 Å². The van der Waals surface area contributed by atoms with Gasteiger partial charge in [-0.3, -0.25) is 0 Å². The number of rotatable bonds is 3. The number of hydrogen-bond acceptors (Lipinski definition) is 1. The van der Waals surface area contributed by atoms with E-state index in [1.807, 2.05) is 25.2 Å². The molecule has 0 amide bonds. The van der Waals surface area contributed by atoms with Crippen LogP contribution in [0.2, 0.25) is 5.02 Å². The topological polar surface area (TPSA) is 12.0 Å². The van der Waals surface area contributed by atoms with Crippen molar-refractivity contribution < 1.29 is 0 Å². The summed E-state index contributed by atoms with van der Waals surface area (Å²) in [5.74, 6) is 0. The predicted octanol–water partition coefficient (Wildman–Crippen LogP) is 4.34. The van der Waals surface area contributed by atoms with Gasteiger partial charge in [-0.15, -0.1) is 0 Å². The molecular weight excluding hydrogens is 242 g/mol. The maximum Gasteiger partial charge on any atom is 0.0412 e. The van der Waals surface area contributed by atoms with Crippen LogP contribution in [0.15, 0.2) is 36.4 Å². The van der Waals surface area contributed by atoms with Gasteiger partial charge in [0.2, 0.25) is 0 Å². The van der Waals surface area contributed by atoms with Crippen molar-refractivity contribution in [2.45, 2.75) is 20.4 Å². The third-order valence-electron chi connectivity index (χ3n) is 3.21. The fourth-order valence-electron chi connectivity index (χ4n) is 2.28. The SMILES string of the molecule is CNCc1c(C)cc(-c2cccc(Cl)c2)cc1C. The first-order chi connectivity index (χ1) is 8.61. The zero-order valence-corrected chi connectivity index (χ0v) is 11.8. The van der Waals surface area contributed by atoms with Crippen molar-refractivity contribution in [3.63, 3.8) is 0 Å². The minimum absolute atomic E-state index is 0.780. The highest BCUT2D eigenvalue weighted by atomic mass is 35.5. The van der Waals surface area contributed by atoms with Gasteiger partial charge < -0.3 is 5.32 Å². The second-order valence-electron chi connectivity index (χ2n) is 4.63. The molecule has 0 saturated heterocycles. The summed E-state index contributed by atoms with van der Waals surface area (Å²) in [5.41, 5.74) is 6.42. The summed E-state index contributed by atoms with van der Waals surface area (Å²) >= 11 is 6.05. The van der Waals surface area contributed by atoms with E-state index in [9.17, 15) is 0 Å². The molecule has 2 aromatic carbocycles. The molecule has 0 unspecified atom stereocenters. The van der Waals surface area contributed by atoms with E-state index >= 15 is 0 Å². The van der Waals surface area contributed by atoms with Gasteiger partial charge in [0.1, 0.15) is 0 Å². The standard InChI is InChI=1S/C16H18ClN/c1-11-7-14(8-12(2)16(11)10-18-3)13-5-4-6-15(17)9-13/h4-9,18H,10H2,1-3H3. The second kappa shape index (κ2) is 5.55. The summed E-state index contributed by atoms with van der Waals surface area (Å²) in [7, 11) is 1.98. The van der Waals surface area contributed by atoms with E-state index in [2.05, 4.69) is 37.4 Å².